The van der Waals surface area contributed by atoms with Crippen LogP contribution in [0.1, 0.15) is 34.3 Å². The van der Waals surface area contributed by atoms with Gasteiger partial charge in [0.2, 0.25) is 0 Å². The molecule has 5 rings (SSSR count). The number of anilines is 1. The van der Waals surface area contributed by atoms with Crippen LogP contribution in [0.2, 0.25) is 0 Å². The number of aromatic nitrogens is 2. The van der Waals surface area contributed by atoms with Gasteiger partial charge in [-0.3, -0.25) is 9.59 Å². The summed E-state index contributed by atoms with van der Waals surface area (Å²) >= 11 is 0. The van der Waals surface area contributed by atoms with Crippen LogP contribution in [0.3, 0.4) is 0 Å². The van der Waals surface area contributed by atoms with Crippen LogP contribution in [0.4, 0.5) is 5.82 Å². The largest absolute Gasteiger partial charge is 0.493 e. The van der Waals surface area contributed by atoms with Crippen molar-refractivity contribution in [3.63, 3.8) is 0 Å². The number of nitrogens with zero attached hydrogens (tertiary/aromatic N) is 3. The molecule has 9 heteroatoms. The van der Waals surface area contributed by atoms with Crippen molar-refractivity contribution in [3.05, 3.63) is 53.3 Å². The molecule has 2 heterocycles. The molecule has 1 saturated carbocycles. The Morgan fingerprint density at radius 2 is 1.88 bits per heavy atom. The van der Waals surface area contributed by atoms with Gasteiger partial charge in [-0.2, -0.15) is 0 Å². The third-order valence-electron chi connectivity index (χ3n) is 6.15. The van der Waals surface area contributed by atoms with Crippen molar-refractivity contribution in [2.45, 2.75) is 25.8 Å². The van der Waals surface area contributed by atoms with Gasteiger partial charge >= 0.3 is 0 Å². The van der Waals surface area contributed by atoms with Crippen LogP contribution in [0.15, 0.2) is 36.7 Å². The summed E-state index contributed by atoms with van der Waals surface area (Å²) in [6, 6.07) is 9.86. The first-order valence-electron chi connectivity index (χ1n) is 11.2. The Balaban J connectivity index is 0.000000868. The molecule has 1 fully saturated rings. The topological polar surface area (TPSA) is 114 Å². The van der Waals surface area contributed by atoms with Gasteiger partial charge in [-0.05, 0) is 54.5 Å². The van der Waals surface area contributed by atoms with E-state index in [0.717, 1.165) is 48.3 Å². The Labute approximate surface area is 197 Å². The molecule has 0 bridgehead atoms. The maximum Gasteiger partial charge on any atom is 0.290 e. The second-order valence-electron chi connectivity index (χ2n) is 8.34. The highest BCUT2D eigenvalue weighted by Gasteiger charge is 2.24. The van der Waals surface area contributed by atoms with Gasteiger partial charge in [0.1, 0.15) is 12.1 Å². The number of nitrogens with one attached hydrogen (secondary N) is 1. The molecule has 2 N–H and O–H groups in total. The molecule has 3 aromatic rings. The maximum absolute atomic E-state index is 12.4. The van der Waals surface area contributed by atoms with Gasteiger partial charge in [0.15, 0.2) is 11.5 Å². The smallest absolute Gasteiger partial charge is 0.290 e. The van der Waals surface area contributed by atoms with Crippen molar-refractivity contribution < 1.29 is 24.2 Å². The number of hydrogen-bond acceptors (Lipinski definition) is 7. The first kappa shape index (κ1) is 23.3. The van der Waals surface area contributed by atoms with Crippen molar-refractivity contribution in [3.8, 4) is 11.5 Å². The first-order valence-corrected chi connectivity index (χ1v) is 11.2. The lowest BCUT2D eigenvalue weighted by Crippen LogP contribution is -2.32. The molecule has 9 nitrogen and oxygen atoms in total. The molecule has 1 aliphatic carbocycles. The summed E-state index contributed by atoms with van der Waals surface area (Å²) in [5.74, 6) is 2.89. The highest BCUT2D eigenvalue weighted by atomic mass is 16.5. The van der Waals surface area contributed by atoms with Crippen molar-refractivity contribution in [2.24, 2.45) is 5.92 Å². The summed E-state index contributed by atoms with van der Waals surface area (Å²) in [6.45, 7) is 2.10. The second kappa shape index (κ2) is 10.4. The number of fused-ring (bicyclic) bond motifs is 2. The minimum Gasteiger partial charge on any atom is -0.493 e. The standard InChI is InChI=1S/C24H26N4O3.CH2O2/c1-30-21-10-19-20(11-22(21)31-2)26-14-27-23(19)28-8-7-16-9-17(5-6-18(16)13-28)24(29)25-12-15-3-4-15;2-1-3/h5-6,9-11,14-15H,3-4,7-8,12-13H2,1-2H3,(H,25,29);1H,(H,2,3). The van der Waals surface area contributed by atoms with E-state index in [-0.39, 0.29) is 12.4 Å². The van der Waals surface area contributed by atoms with Crippen LogP contribution in [0.5, 0.6) is 11.5 Å². The lowest BCUT2D eigenvalue weighted by atomic mass is 9.96. The Bertz CT molecular complexity index is 1200. The van der Waals surface area contributed by atoms with Gasteiger partial charge in [-0.1, -0.05) is 6.07 Å². The highest BCUT2D eigenvalue weighted by Crippen LogP contribution is 2.36. The van der Waals surface area contributed by atoms with Gasteiger partial charge in [0, 0.05) is 36.7 Å². The van der Waals surface area contributed by atoms with Gasteiger partial charge in [-0.25, -0.2) is 9.97 Å². The average molecular weight is 465 g/mol. The number of ether oxygens (including phenoxy) is 2. The van der Waals surface area contributed by atoms with Gasteiger partial charge in [0.05, 0.1) is 19.7 Å². The van der Waals surface area contributed by atoms with Gasteiger partial charge < -0.3 is 24.8 Å². The number of carbonyl (C=O) groups excluding carboxylic acids is 1. The number of benzene rings is 2. The minimum absolute atomic E-state index is 0.0277. The summed E-state index contributed by atoms with van der Waals surface area (Å²) in [6.07, 6.45) is 4.91. The van der Waals surface area contributed by atoms with Crippen molar-refractivity contribution in [2.75, 3.05) is 32.2 Å². The zero-order chi connectivity index (χ0) is 24.1. The molecule has 0 unspecified atom stereocenters. The summed E-state index contributed by atoms with van der Waals surface area (Å²) in [5, 5.41) is 10.9. The van der Waals surface area contributed by atoms with Crippen LogP contribution in [0, 0.1) is 5.92 Å². The van der Waals surface area contributed by atoms with E-state index in [0.29, 0.717) is 17.4 Å². The molecule has 1 amide bonds. The van der Waals surface area contributed by atoms with Crippen LogP contribution < -0.4 is 19.7 Å². The molecule has 0 spiro atoms. The Hall–Kier alpha value is -3.88. The first-order chi connectivity index (χ1) is 16.6. The van der Waals surface area contributed by atoms with Crippen LogP contribution in [0.25, 0.3) is 10.9 Å². The molecule has 178 valence electrons. The van der Waals surface area contributed by atoms with Crippen LogP contribution in [-0.2, 0) is 17.8 Å². The second-order valence-corrected chi connectivity index (χ2v) is 8.34. The molecular weight excluding hydrogens is 436 g/mol. The number of rotatable bonds is 6. The Morgan fingerprint density at radius 1 is 1.15 bits per heavy atom. The average Bonchev–Trinajstić information content (AvgIpc) is 3.70. The minimum atomic E-state index is -0.250. The molecule has 34 heavy (non-hydrogen) atoms. The molecule has 0 saturated heterocycles. The zero-order valence-electron chi connectivity index (χ0n) is 19.3. The molecular formula is C25H28N4O5. The molecule has 2 aromatic carbocycles. The maximum atomic E-state index is 12.4. The summed E-state index contributed by atoms with van der Waals surface area (Å²) in [7, 11) is 3.25. The Morgan fingerprint density at radius 3 is 2.59 bits per heavy atom. The van der Waals surface area contributed by atoms with E-state index in [2.05, 4.69) is 26.3 Å². The van der Waals surface area contributed by atoms with E-state index in [9.17, 15) is 4.79 Å². The fourth-order valence-electron chi connectivity index (χ4n) is 4.16. The van der Waals surface area contributed by atoms with E-state index in [1.165, 1.54) is 24.0 Å². The Kier molecular flexibility index (Phi) is 7.10. The number of carbonyl (C=O) groups is 2. The molecule has 0 atom stereocenters. The monoisotopic (exact) mass is 464 g/mol. The third-order valence-corrected chi connectivity index (χ3v) is 6.15. The third kappa shape index (κ3) is 5.03. The lowest BCUT2D eigenvalue weighted by Gasteiger charge is -2.30. The molecule has 2 aliphatic rings. The van der Waals surface area contributed by atoms with Crippen LogP contribution in [-0.4, -0.2) is 54.8 Å². The van der Waals surface area contributed by atoms with Crippen molar-refractivity contribution in [1.29, 1.82) is 0 Å². The quantitative estimate of drug-likeness (QED) is 0.535. The summed E-state index contributed by atoms with van der Waals surface area (Å²) < 4.78 is 10.9. The number of amides is 1. The number of carboxylic acid groups (broad SMARTS) is 1. The lowest BCUT2D eigenvalue weighted by molar-refractivity contribution is -0.122. The van der Waals surface area contributed by atoms with Crippen molar-refractivity contribution in [1.82, 2.24) is 15.3 Å². The van der Waals surface area contributed by atoms with E-state index >= 15 is 0 Å². The normalized spacial score (nSPS) is 14.5. The number of hydrogen-bond donors (Lipinski definition) is 2. The molecule has 0 radical (unpaired) electrons. The predicted molar refractivity (Wildman–Crippen MR) is 128 cm³/mol. The van der Waals surface area contributed by atoms with Gasteiger partial charge in [-0.15, -0.1) is 0 Å². The van der Waals surface area contributed by atoms with E-state index in [4.69, 9.17) is 19.4 Å². The van der Waals surface area contributed by atoms with Gasteiger partial charge in [0.25, 0.3) is 12.4 Å². The fraction of sp³-hybridized carbons (Fsp3) is 0.360. The molecule has 1 aromatic heterocycles. The predicted octanol–water partition coefficient (Wildman–Crippen LogP) is 3.05. The van der Waals surface area contributed by atoms with E-state index in [1.807, 2.05) is 24.3 Å². The SMILES string of the molecule is COc1cc2ncnc(N3CCc4cc(C(=O)NCC5CC5)ccc4C3)c2cc1OC.O=CO. The number of methoxy groups -OCH3 is 2. The summed E-state index contributed by atoms with van der Waals surface area (Å²) in [5.41, 5.74) is 4.01. The van der Waals surface area contributed by atoms with Crippen molar-refractivity contribution >= 4 is 29.1 Å². The molecule has 1 aliphatic heterocycles. The summed E-state index contributed by atoms with van der Waals surface area (Å²) in [4.78, 5) is 32.1. The van der Waals surface area contributed by atoms with Crippen LogP contribution >= 0.6 is 0 Å². The van der Waals surface area contributed by atoms with E-state index in [1.54, 1.807) is 20.5 Å². The fourth-order valence-corrected chi connectivity index (χ4v) is 4.16. The zero-order valence-corrected chi connectivity index (χ0v) is 19.3. The van der Waals surface area contributed by atoms with E-state index < -0.39 is 0 Å². The highest BCUT2D eigenvalue weighted by molar-refractivity contribution is 5.95.